The van der Waals surface area contributed by atoms with Gasteiger partial charge in [0.05, 0.1) is 5.02 Å². The van der Waals surface area contributed by atoms with Gasteiger partial charge in [-0.25, -0.2) is 0 Å². The molecule has 0 heterocycles. The van der Waals surface area contributed by atoms with E-state index in [1.807, 2.05) is 12.1 Å². The zero-order valence-corrected chi connectivity index (χ0v) is 11.5. The van der Waals surface area contributed by atoms with Crippen LogP contribution < -0.4 is 5.32 Å². The molecule has 2 rings (SSSR count). The minimum absolute atomic E-state index is 0.159. The lowest BCUT2D eigenvalue weighted by Crippen LogP contribution is -2.29. The number of rotatable bonds is 3. The molecule has 0 spiro atoms. The average Bonchev–Trinajstić information content (AvgIpc) is 2.32. The SMILES string of the molecule is Oc1ccc(CNC2CCCCCCC2)cc1Cl. The van der Waals surface area contributed by atoms with Crippen LogP contribution in [0, 0.1) is 0 Å². The molecule has 2 nitrogen and oxygen atoms in total. The molecule has 0 aromatic heterocycles. The van der Waals surface area contributed by atoms with E-state index in [0.29, 0.717) is 11.1 Å². The first-order valence-electron chi connectivity index (χ1n) is 6.96. The van der Waals surface area contributed by atoms with E-state index in [9.17, 15) is 5.11 Å². The highest BCUT2D eigenvalue weighted by Crippen LogP contribution is 2.24. The maximum atomic E-state index is 9.38. The third-order valence-electron chi connectivity index (χ3n) is 3.71. The fourth-order valence-corrected chi connectivity index (χ4v) is 2.79. The zero-order chi connectivity index (χ0) is 12.8. The first-order chi connectivity index (χ1) is 8.75. The molecule has 100 valence electrons. The van der Waals surface area contributed by atoms with Crippen LogP contribution >= 0.6 is 11.6 Å². The van der Waals surface area contributed by atoms with Crippen molar-refractivity contribution in [1.82, 2.24) is 5.32 Å². The van der Waals surface area contributed by atoms with E-state index in [0.717, 1.165) is 12.1 Å². The highest BCUT2D eigenvalue weighted by atomic mass is 35.5. The maximum absolute atomic E-state index is 9.38. The number of benzene rings is 1. The Morgan fingerprint density at radius 1 is 1.11 bits per heavy atom. The molecular formula is C15H22ClNO. The Morgan fingerprint density at radius 2 is 1.78 bits per heavy atom. The van der Waals surface area contributed by atoms with Crippen molar-refractivity contribution >= 4 is 11.6 Å². The van der Waals surface area contributed by atoms with Gasteiger partial charge in [-0.1, -0.05) is 49.8 Å². The molecule has 0 unspecified atom stereocenters. The second kappa shape index (κ2) is 7.01. The summed E-state index contributed by atoms with van der Waals surface area (Å²) in [7, 11) is 0. The van der Waals surface area contributed by atoms with Gasteiger partial charge in [0.2, 0.25) is 0 Å². The Balaban J connectivity index is 1.83. The van der Waals surface area contributed by atoms with Gasteiger partial charge in [0.15, 0.2) is 0 Å². The number of aromatic hydroxyl groups is 1. The minimum atomic E-state index is 0.159. The van der Waals surface area contributed by atoms with Gasteiger partial charge in [0.1, 0.15) is 5.75 Å². The lowest BCUT2D eigenvalue weighted by Gasteiger charge is -2.21. The molecule has 0 radical (unpaired) electrons. The Hall–Kier alpha value is -0.730. The van der Waals surface area contributed by atoms with Crippen LogP contribution in [-0.4, -0.2) is 11.1 Å². The van der Waals surface area contributed by atoms with E-state index >= 15 is 0 Å². The summed E-state index contributed by atoms with van der Waals surface area (Å²) in [5, 5.41) is 13.4. The molecule has 18 heavy (non-hydrogen) atoms. The van der Waals surface area contributed by atoms with Crippen LogP contribution in [0.25, 0.3) is 0 Å². The molecule has 0 atom stereocenters. The Morgan fingerprint density at radius 3 is 2.44 bits per heavy atom. The van der Waals surface area contributed by atoms with Crippen LogP contribution in [0.3, 0.4) is 0 Å². The van der Waals surface area contributed by atoms with Crippen LogP contribution in [0.1, 0.15) is 50.5 Å². The quantitative estimate of drug-likeness (QED) is 0.858. The Kier molecular flexibility index (Phi) is 5.33. The van der Waals surface area contributed by atoms with Gasteiger partial charge in [0, 0.05) is 12.6 Å². The monoisotopic (exact) mass is 267 g/mol. The van der Waals surface area contributed by atoms with Gasteiger partial charge in [-0.3, -0.25) is 0 Å². The van der Waals surface area contributed by atoms with Crippen molar-refractivity contribution in [3.05, 3.63) is 28.8 Å². The summed E-state index contributed by atoms with van der Waals surface area (Å²) in [5.41, 5.74) is 1.14. The topological polar surface area (TPSA) is 32.3 Å². The van der Waals surface area contributed by atoms with E-state index in [4.69, 9.17) is 11.6 Å². The molecule has 1 aliphatic rings. The van der Waals surface area contributed by atoms with Gasteiger partial charge < -0.3 is 10.4 Å². The van der Waals surface area contributed by atoms with Crippen molar-refractivity contribution in [1.29, 1.82) is 0 Å². The van der Waals surface area contributed by atoms with Gasteiger partial charge >= 0.3 is 0 Å². The lowest BCUT2D eigenvalue weighted by atomic mass is 9.96. The molecule has 1 saturated carbocycles. The Labute approximate surface area is 114 Å². The zero-order valence-electron chi connectivity index (χ0n) is 10.8. The highest BCUT2D eigenvalue weighted by Gasteiger charge is 2.10. The summed E-state index contributed by atoms with van der Waals surface area (Å²) in [6.45, 7) is 0.838. The Bertz CT molecular complexity index is 373. The van der Waals surface area contributed by atoms with Crippen molar-refractivity contribution in [3.63, 3.8) is 0 Å². The first kappa shape index (κ1) is 13.7. The predicted molar refractivity (Wildman–Crippen MR) is 76.1 cm³/mol. The fourth-order valence-electron chi connectivity index (χ4n) is 2.58. The van der Waals surface area contributed by atoms with Crippen molar-refractivity contribution in [2.24, 2.45) is 0 Å². The van der Waals surface area contributed by atoms with Crippen LogP contribution in [0.4, 0.5) is 0 Å². The molecule has 0 bridgehead atoms. The number of nitrogens with one attached hydrogen (secondary N) is 1. The van der Waals surface area contributed by atoms with Crippen LogP contribution in [0.2, 0.25) is 5.02 Å². The van der Waals surface area contributed by atoms with Crippen molar-refractivity contribution in [2.75, 3.05) is 0 Å². The van der Waals surface area contributed by atoms with E-state index < -0.39 is 0 Å². The summed E-state index contributed by atoms with van der Waals surface area (Å²) in [6, 6.07) is 6.07. The molecule has 3 heteroatoms. The molecule has 0 aliphatic heterocycles. The van der Waals surface area contributed by atoms with Crippen LogP contribution in [0.5, 0.6) is 5.75 Å². The third-order valence-corrected chi connectivity index (χ3v) is 4.01. The predicted octanol–water partition coefficient (Wildman–Crippen LogP) is 4.25. The summed E-state index contributed by atoms with van der Waals surface area (Å²) in [5.74, 6) is 0.159. The number of halogens is 1. The number of hydrogen-bond donors (Lipinski definition) is 2. The van der Waals surface area contributed by atoms with E-state index in [1.54, 1.807) is 6.07 Å². The second-order valence-corrected chi connectivity index (χ2v) is 5.62. The van der Waals surface area contributed by atoms with Gasteiger partial charge in [-0.05, 0) is 30.5 Å². The standard InChI is InChI=1S/C15H22ClNO/c16-14-10-12(8-9-15(14)18)11-17-13-6-4-2-1-3-5-7-13/h8-10,13,17-18H,1-7,11H2. The lowest BCUT2D eigenvalue weighted by molar-refractivity contribution is 0.389. The normalized spacial score (nSPS) is 18.3. The van der Waals surface area contributed by atoms with Crippen molar-refractivity contribution < 1.29 is 5.11 Å². The fraction of sp³-hybridized carbons (Fsp3) is 0.600. The molecule has 2 N–H and O–H groups in total. The van der Waals surface area contributed by atoms with Crippen molar-refractivity contribution in [3.8, 4) is 5.75 Å². The smallest absolute Gasteiger partial charge is 0.134 e. The van der Waals surface area contributed by atoms with Gasteiger partial charge in [0.25, 0.3) is 0 Å². The van der Waals surface area contributed by atoms with Gasteiger partial charge in [-0.2, -0.15) is 0 Å². The summed E-state index contributed by atoms with van der Waals surface area (Å²) in [6.07, 6.45) is 9.41. The highest BCUT2D eigenvalue weighted by molar-refractivity contribution is 6.32. The second-order valence-electron chi connectivity index (χ2n) is 5.21. The molecular weight excluding hydrogens is 246 g/mol. The molecule has 0 amide bonds. The van der Waals surface area contributed by atoms with Crippen LogP contribution in [0.15, 0.2) is 18.2 Å². The average molecular weight is 268 g/mol. The number of phenols is 1. The van der Waals surface area contributed by atoms with E-state index in [2.05, 4.69) is 5.32 Å². The summed E-state index contributed by atoms with van der Waals surface area (Å²) < 4.78 is 0. The van der Waals surface area contributed by atoms with Gasteiger partial charge in [-0.15, -0.1) is 0 Å². The summed E-state index contributed by atoms with van der Waals surface area (Å²) in [4.78, 5) is 0. The van der Waals surface area contributed by atoms with Crippen molar-refractivity contribution in [2.45, 2.75) is 57.5 Å². The number of hydrogen-bond acceptors (Lipinski definition) is 2. The van der Waals surface area contributed by atoms with E-state index in [1.165, 1.54) is 44.9 Å². The van der Waals surface area contributed by atoms with Crippen LogP contribution in [-0.2, 0) is 6.54 Å². The molecule has 1 aromatic rings. The molecule has 1 aromatic carbocycles. The third kappa shape index (κ3) is 4.18. The maximum Gasteiger partial charge on any atom is 0.134 e. The molecule has 0 saturated heterocycles. The molecule has 1 fully saturated rings. The number of phenolic OH excluding ortho intramolecular Hbond substituents is 1. The molecule has 1 aliphatic carbocycles. The first-order valence-corrected chi connectivity index (χ1v) is 7.34. The minimum Gasteiger partial charge on any atom is -0.506 e. The summed E-state index contributed by atoms with van der Waals surface area (Å²) >= 11 is 5.91. The van der Waals surface area contributed by atoms with E-state index in [-0.39, 0.29) is 5.75 Å². The largest absolute Gasteiger partial charge is 0.506 e.